The first kappa shape index (κ1) is 16.9. The van der Waals surface area contributed by atoms with Gasteiger partial charge in [0.25, 0.3) is 0 Å². The van der Waals surface area contributed by atoms with Gasteiger partial charge in [0.2, 0.25) is 0 Å². The van der Waals surface area contributed by atoms with Crippen LogP contribution in [0.4, 0.5) is 0 Å². The maximum atomic E-state index is 9.30. The number of nitrogens with one attached hydrogen (secondary N) is 1. The van der Waals surface area contributed by atoms with Gasteiger partial charge in [0, 0.05) is 23.2 Å². The number of nitrogens with zero attached hydrogens (tertiary/aromatic N) is 3. The van der Waals surface area contributed by atoms with Gasteiger partial charge in [-0.15, -0.1) is 0 Å². The van der Waals surface area contributed by atoms with Crippen LogP contribution < -0.4 is 5.32 Å². The Morgan fingerprint density at radius 1 is 1.25 bits per heavy atom. The Morgan fingerprint density at radius 3 is 2.25 bits per heavy atom. The SMILES string of the molecule is Cc1nc(SCCC(C)(C#N)NC(C)C)nc(C)c1C. The number of aromatic nitrogens is 2. The normalized spacial score (nSPS) is 14.1. The van der Waals surface area contributed by atoms with Crippen LogP contribution in [-0.2, 0) is 0 Å². The quantitative estimate of drug-likeness (QED) is 0.644. The van der Waals surface area contributed by atoms with Crippen molar-refractivity contribution in [2.75, 3.05) is 5.75 Å². The molecule has 0 aliphatic heterocycles. The highest BCUT2D eigenvalue weighted by molar-refractivity contribution is 7.99. The average molecular weight is 292 g/mol. The van der Waals surface area contributed by atoms with Crippen LogP contribution in [0.2, 0.25) is 0 Å². The molecule has 0 fully saturated rings. The van der Waals surface area contributed by atoms with E-state index in [1.54, 1.807) is 11.8 Å². The van der Waals surface area contributed by atoms with E-state index in [4.69, 9.17) is 0 Å². The van der Waals surface area contributed by atoms with Crippen LogP contribution in [0, 0.1) is 32.1 Å². The standard InChI is InChI=1S/C15H24N4S/c1-10(2)19-15(6,9-16)7-8-20-14-17-12(4)11(3)13(5)18-14/h10,19H,7-8H2,1-6H3. The molecular formula is C15H24N4S. The van der Waals surface area contributed by atoms with Crippen molar-refractivity contribution in [2.45, 2.75) is 64.7 Å². The molecule has 0 aromatic carbocycles. The highest BCUT2D eigenvalue weighted by atomic mass is 32.2. The van der Waals surface area contributed by atoms with Crippen LogP contribution in [0.15, 0.2) is 5.16 Å². The summed E-state index contributed by atoms with van der Waals surface area (Å²) < 4.78 is 0. The maximum absolute atomic E-state index is 9.30. The van der Waals surface area contributed by atoms with Crippen LogP contribution in [0.1, 0.15) is 44.1 Å². The highest BCUT2D eigenvalue weighted by Gasteiger charge is 2.24. The van der Waals surface area contributed by atoms with Crippen LogP contribution in [0.5, 0.6) is 0 Å². The molecule has 1 rings (SSSR count). The Balaban J connectivity index is 2.62. The number of thioether (sulfide) groups is 1. The average Bonchev–Trinajstić information content (AvgIpc) is 2.35. The second kappa shape index (κ2) is 7.05. The second-order valence-corrected chi connectivity index (χ2v) is 6.71. The molecule has 5 heteroatoms. The maximum Gasteiger partial charge on any atom is 0.187 e. The molecule has 4 nitrogen and oxygen atoms in total. The molecule has 0 saturated carbocycles. The van der Waals surface area contributed by atoms with Crippen molar-refractivity contribution in [3.63, 3.8) is 0 Å². The molecule has 1 N–H and O–H groups in total. The predicted octanol–water partition coefficient (Wildman–Crippen LogP) is 3.16. The first-order chi connectivity index (χ1) is 9.27. The smallest absolute Gasteiger partial charge is 0.187 e. The third-order valence-corrected chi connectivity index (χ3v) is 4.15. The molecule has 20 heavy (non-hydrogen) atoms. The summed E-state index contributed by atoms with van der Waals surface area (Å²) in [6.45, 7) is 12.1. The number of hydrogen-bond acceptors (Lipinski definition) is 5. The Labute approximate surface area is 126 Å². The van der Waals surface area contributed by atoms with E-state index in [1.165, 1.54) is 0 Å². The van der Waals surface area contributed by atoms with Crippen LogP contribution in [-0.4, -0.2) is 27.3 Å². The lowest BCUT2D eigenvalue weighted by molar-refractivity contribution is 0.397. The third kappa shape index (κ3) is 4.77. The highest BCUT2D eigenvalue weighted by Crippen LogP contribution is 2.21. The zero-order valence-electron chi connectivity index (χ0n) is 13.2. The third-order valence-electron chi connectivity index (χ3n) is 3.30. The zero-order chi connectivity index (χ0) is 15.3. The molecule has 0 bridgehead atoms. The lowest BCUT2D eigenvalue weighted by Crippen LogP contribution is -2.45. The molecule has 1 aromatic heterocycles. The Kier molecular flexibility index (Phi) is 5.97. The van der Waals surface area contributed by atoms with Gasteiger partial charge in [0.1, 0.15) is 5.54 Å². The molecule has 0 spiro atoms. The van der Waals surface area contributed by atoms with Gasteiger partial charge in [-0.25, -0.2) is 9.97 Å². The number of rotatable bonds is 6. The van der Waals surface area contributed by atoms with E-state index < -0.39 is 5.54 Å². The van der Waals surface area contributed by atoms with Crippen molar-refractivity contribution in [1.82, 2.24) is 15.3 Å². The fourth-order valence-electron chi connectivity index (χ4n) is 1.95. The van der Waals surface area contributed by atoms with Crippen LogP contribution in [0.25, 0.3) is 0 Å². The summed E-state index contributed by atoms with van der Waals surface area (Å²) in [6.07, 6.45) is 0.766. The Hall–Kier alpha value is -1.12. The lowest BCUT2D eigenvalue weighted by Gasteiger charge is -2.25. The molecule has 1 heterocycles. The molecule has 1 aromatic rings. The molecule has 110 valence electrons. The minimum Gasteiger partial charge on any atom is -0.297 e. The van der Waals surface area contributed by atoms with Crippen molar-refractivity contribution < 1.29 is 0 Å². The van der Waals surface area contributed by atoms with Crippen molar-refractivity contribution >= 4 is 11.8 Å². The van der Waals surface area contributed by atoms with Gasteiger partial charge in [-0.1, -0.05) is 11.8 Å². The summed E-state index contributed by atoms with van der Waals surface area (Å²) in [7, 11) is 0. The minimum atomic E-state index is -0.490. The molecule has 1 atom stereocenters. The fourth-order valence-corrected chi connectivity index (χ4v) is 3.05. The van der Waals surface area contributed by atoms with Crippen molar-refractivity contribution in [1.29, 1.82) is 5.26 Å². The monoisotopic (exact) mass is 292 g/mol. The molecule has 0 amide bonds. The van der Waals surface area contributed by atoms with Gasteiger partial charge in [0.15, 0.2) is 5.16 Å². The van der Waals surface area contributed by atoms with Crippen molar-refractivity contribution in [2.24, 2.45) is 0 Å². The van der Waals surface area contributed by atoms with E-state index in [-0.39, 0.29) is 0 Å². The van der Waals surface area contributed by atoms with E-state index >= 15 is 0 Å². The second-order valence-electron chi connectivity index (χ2n) is 5.64. The van der Waals surface area contributed by atoms with E-state index in [0.29, 0.717) is 6.04 Å². The first-order valence-electron chi connectivity index (χ1n) is 6.91. The molecular weight excluding hydrogens is 268 g/mol. The molecule has 0 radical (unpaired) electrons. The lowest BCUT2D eigenvalue weighted by atomic mass is 10.0. The summed E-state index contributed by atoms with van der Waals surface area (Å²) in [5.41, 5.74) is 2.72. The van der Waals surface area contributed by atoms with Gasteiger partial charge < -0.3 is 0 Å². The van der Waals surface area contributed by atoms with E-state index in [2.05, 4.69) is 35.2 Å². The van der Waals surface area contributed by atoms with E-state index in [9.17, 15) is 5.26 Å². The van der Waals surface area contributed by atoms with E-state index in [1.807, 2.05) is 27.7 Å². The molecule has 0 saturated heterocycles. The van der Waals surface area contributed by atoms with Gasteiger partial charge in [-0.2, -0.15) is 5.26 Å². The molecule has 0 aliphatic carbocycles. The van der Waals surface area contributed by atoms with Gasteiger partial charge in [0.05, 0.1) is 6.07 Å². The van der Waals surface area contributed by atoms with Gasteiger partial charge in [-0.05, 0) is 53.5 Å². The zero-order valence-corrected chi connectivity index (χ0v) is 14.1. The minimum absolute atomic E-state index is 0.296. The summed E-state index contributed by atoms with van der Waals surface area (Å²) >= 11 is 1.61. The molecule has 0 aliphatic rings. The summed E-state index contributed by atoms with van der Waals surface area (Å²) in [5.74, 6) is 0.825. The summed E-state index contributed by atoms with van der Waals surface area (Å²) in [6, 6.07) is 2.66. The van der Waals surface area contributed by atoms with Crippen molar-refractivity contribution in [3.05, 3.63) is 17.0 Å². The number of hydrogen-bond donors (Lipinski definition) is 1. The fraction of sp³-hybridized carbons (Fsp3) is 0.667. The summed E-state index contributed by atoms with van der Waals surface area (Å²) in [5, 5.41) is 13.4. The summed E-state index contributed by atoms with van der Waals surface area (Å²) in [4.78, 5) is 8.98. The van der Waals surface area contributed by atoms with Gasteiger partial charge in [-0.3, -0.25) is 5.32 Å². The Bertz CT molecular complexity index is 484. The van der Waals surface area contributed by atoms with Crippen LogP contribution >= 0.6 is 11.8 Å². The topological polar surface area (TPSA) is 61.6 Å². The molecule has 1 unspecified atom stereocenters. The Morgan fingerprint density at radius 2 is 1.80 bits per heavy atom. The number of aryl methyl sites for hydroxylation is 2. The van der Waals surface area contributed by atoms with Crippen LogP contribution in [0.3, 0.4) is 0 Å². The van der Waals surface area contributed by atoms with Crippen molar-refractivity contribution in [3.8, 4) is 6.07 Å². The predicted molar refractivity (Wildman–Crippen MR) is 83.9 cm³/mol. The number of nitriles is 1. The first-order valence-corrected chi connectivity index (χ1v) is 7.89. The van der Waals surface area contributed by atoms with Gasteiger partial charge >= 0.3 is 0 Å². The largest absolute Gasteiger partial charge is 0.297 e. The van der Waals surface area contributed by atoms with E-state index in [0.717, 1.165) is 34.3 Å².